The van der Waals surface area contributed by atoms with Gasteiger partial charge in [0.15, 0.2) is 0 Å². The van der Waals surface area contributed by atoms with E-state index in [1.807, 2.05) is 11.8 Å². The fourth-order valence-electron chi connectivity index (χ4n) is 2.67. The first-order chi connectivity index (χ1) is 10.2. The van der Waals surface area contributed by atoms with E-state index in [1.165, 1.54) is 6.08 Å². The molecule has 0 saturated carbocycles. The lowest BCUT2D eigenvalue weighted by atomic mass is 9.99. The molecule has 4 atom stereocenters. The maximum Gasteiger partial charge on any atom is 0.316 e. The van der Waals surface area contributed by atoms with Crippen LogP contribution in [0.15, 0.2) is 12.7 Å². The van der Waals surface area contributed by atoms with Crippen LogP contribution in [0.1, 0.15) is 19.3 Å². The van der Waals surface area contributed by atoms with Crippen molar-refractivity contribution in [1.29, 1.82) is 0 Å². The molecular weight excluding hydrogens is 292 g/mol. The number of thioether (sulfide) groups is 1. The van der Waals surface area contributed by atoms with E-state index in [4.69, 9.17) is 4.74 Å². The van der Waals surface area contributed by atoms with Crippen molar-refractivity contribution in [3.05, 3.63) is 12.7 Å². The van der Waals surface area contributed by atoms with E-state index < -0.39 is 11.9 Å². The van der Waals surface area contributed by atoms with Crippen molar-refractivity contribution in [2.75, 3.05) is 12.4 Å². The molecule has 2 fully saturated rings. The van der Waals surface area contributed by atoms with Gasteiger partial charge in [-0.1, -0.05) is 19.1 Å². The highest BCUT2D eigenvalue weighted by atomic mass is 32.2. The standard InChI is InChI=1S/C14H20N2O4S/c1-2-6-20-13(18)9(7-17)4-3-5-11-12-10(8-21-11)15-14(19)16-12/h2,7,9-12H,1,3-6,8H2,(H2,15,16,19)/t9?,10-,11-,12-/m0/s1. The van der Waals surface area contributed by atoms with Crippen molar-refractivity contribution in [3.63, 3.8) is 0 Å². The smallest absolute Gasteiger partial charge is 0.316 e. The Bertz CT molecular complexity index is 429. The molecule has 0 aromatic heterocycles. The summed E-state index contributed by atoms with van der Waals surface area (Å²) in [6.45, 7) is 3.59. The fourth-order valence-corrected chi connectivity index (χ4v) is 4.22. The lowest BCUT2D eigenvalue weighted by Crippen LogP contribution is -2.36. The minimum absolute atomic E-state index is 0.103. The number of rotatable bonds is 8. The maximum atomic E-state index is 11.6. The molecule has 7 heteroatoms. The second kappa shape index (κ2) is 7.49. The van der Waals surface area contributed by atoms with E-state index in [0.717, 1.165) is 18.6 Å². The van der Waals surface area contributed by atoms with Crippen LogP contribution in [0, 0.1) is 5.92 Å². The van der Waals surface area contributed by atoms with E-state index in [-0.39, 0.29) is 24.7 Å². The van der Waals surface area contributed by atoms with Gasteiger partial charge in [-0.25, -0.2) is 4.79 Å². The fraction of sp³-hybridized carbons (Fsp3) is 0.643. The van der Waals surface area contributed by atoms with Gasteiger partial charge in [0.2, 0.25) is 0 Å². The van der Waals surface area contributed by atoms with Crippen molar-refractivity contribution in [2.24, 2.45) is 5.92 Å². The summed E-state index contributed by atoms with van der Waals surface area (Å²) in [6, 6.07) is 0.255. The Kier molecular flexibility index (Phi) is 5.67. The molecule has 0 aliphatic carbocycles. The van der Waals surface area contributed by atoms with Crippen LogP contribution in [0.4, 0.5) is 4.79 Å². The van der Waals surface area contributed by atoms with Crippen LogP contribution >= 0.6 is 11.8 Å². The number of nitrogens with one attached hydrogen (secondary N) is 2. The molecule has 0 bridgehead atoms. The number of ether oxygens (including phenoxy) is 1. The Morgan fingerprint density at radius 2 is 2.33 bits per heavy atom. The molecule has 2 aliphatic heterocycles. The average Bonchev–Trinajstić information content (AvgIpc) is 3.01. The van der Waals surface area contributed by atoms with Gasteiger partial charge in [-0.2, -0.15) is 11.8 Å². The summed E-state index contributed by atoms with van der Waals surface area (Å²) in [5.41, 5.74) is 0. The highest BCUT2D eigenvalue weighted by Crippen LogP contribution is 2.33. The van der Waals surface area contributed by atoms with Gasteiger partial charge in [0.25, 0.3) is 0 Å². The molecule has 0 aromatic carbocycles. The molecular formula is C14H20N2O4S. The van der Waals surface area contributed by atoms with Gasteiger partial charge in [0, 0.05) is 11.0 Å². The highest BCUT2D eigenvalue weighted by molar-refractivity contribution is 8.00. The zero-order valence-electron chi connectivity index (χ0n) is 11.7. The third-order valence-corrected chi connectivity index (χ3v) is 5.26. The van der Waals surface area contributed by atoms with Gasteiger partial charge in [0.1, 0.15) is 18.8 Å². The van der Waals surface area contributed by atoms with Gasteiger partial charge in [-0.3, -0.25) is 4.79 Å². The van der Waals surface area contributed by atoms with Crippen LogP contribution in [-0.2, 0) is 14.3 Å². The number of urea groups is 1. The van der Waals surface area contributed by atoms with E-state index in [1.54, 1.807) is 0 Å². The summed E-state index contributed by atoms with van der Waals surface area (Å²) in [7, 11) is 0. The minimum Gasteiger partial charge on any atom is -0.461 e. The molecule has 116 valence electrons. The first-order valence-electron chi connectivity index (χ1n) is 7.07. The van der Waals surface area contributed by atoms with Gasteiger partial charge >= 0.3 is 12.0 Å². The van der Waals surface area contributed by atoms with Crippen molar-refractivity contribution in [2.45, 2.75) is 36.6 Å². The Labute approximate surface area is 128 Å². The van der Waals surface area contributed by atoms with Crippen LogP contribution in [-0.4, -0.2) is 48.0 Å². The number of aldehydes is 1. The van der Waals surface area contributed by atoms with Crippen molar-refractivity contribution in [3.8, 4) is 0 Å². The van der Waals surface area contributed by atoms with Gasteiger partial charge in [0.05, 0.1) is 12.1 Å². The van der Waals surface area contributed by atoms with E-state index in [0.29, 0.717) is 18.0 Å². The lowest BCUT2D eigenvalue weighted by Gasteiger charge is -2.17. The highest BCUT2D eigenvalue weighted by Gasteiger charge is 2.42. The maximum absolute atomic E-state index is 11.6. The predicted octanol–water partition coefficient (Wildman–Crippen LogP) is 0.866. The van der Waals surface area contributed by atoms with Crippen molar-refractivity contribution >= 4 is 30.0 Å². The van der Waals surface area contributed by atoms with E-state index in [2.05, 4.69) is 17.2 Å². The zero-order chi connectivity index (χ0) is 15.2. The summed E-state index contributed by atoms with van der Waals surface area (Å²) in [6.07, 6.45) is 4.23. The first-order valence-corrected chi connectivity index (χ1v) is 8.12. The van der Waals surface area contributed by atoms with Crippen LogP contribution in [0.2, 0.25) is 0 Å². The quantitative estimate of drug-likeness (QED) is 0.228. The van der Waals surface area contributed by atoms with E-state index >= 15 is 0 Å². The number of fused-ring (bicyclic) bond motifs is 1. The normalized spacial score (nSPS) is 28.2. The molecule has 0 aromatic rings. The topological polar surface area (TPSA) is 84.5 Å². The summed E-state index contributed by atoms with van der Waals surface area (Å²) in [5.74, 6) is -0.284. The van der Waals surface area contributed by atoms with Crippen LogP contribution in [0.25, 0.3) is 0 Å². The summed E-state index contributed by atoms with van der Waals surface area (Å²) < 4.78 is 4.89. The molecule has 2 N–H and O–H groups in total. The van der Waals surface area contributed by atoms with Crippen LogP contribution in [0.3, 0.4) is 0 Å². The molecule has 6 nitrogen and oxygen atoms in total. The van der Waals surface area contributed by atoms with Crippen molar-refractivity contribution < 1.29 is 19.1 Å². The van der Waals surface area contributed by atoms with Gasteiger partial charge in [-0.05, 0) is 12.8 Å². The molecule has 0 spiro atoms. The second-order valence-corrected chi connectivity index (χ2v) is 6.49. The zero-order valence-corrected chi connectivity index (χ0v) is 12.6. The molecule has 2 saturated heterocycles. The molecule has 0 radical (unpaired) electrons. The third kappa shape index (κ3) is 4.00. The van der Waals surface area contributed by atoms with Crippen molar-refractivity contribution in [1.82, 2.24) is 10.6 Å². The van der Waals surface area contributed by atoms with E-state index in [9.17, 15) is 14.4 Å². The predicted molar refractivity (Wildman–Crippen MR) is 80.1 cm³/mol. The Morgan fingerprint density at radius 3 is 3.05 bits per heavy atom. The Balaban J connectivity index is 1.73. The first kappa shape index (κ1) is 15.9. The summed E-state index contributed by atoms with van der Waals surface area (Å²) in [5, 5.41) is 6.15. The number of hydrogen-bond donors (Lipinski definition) is 2. The number of amides is 2. The number of hydrogen-bond acceptors (Lipinski definition) is 5. The minimum atomic E-state index is -0.705. The lowest BCUT2D eigenvalue weighted by molar-refractivity contribution is -0.148. The van der Waals surface area contributed by atoms with Gasteiger partial charge in [-0.15, -0.1) is 0 Å². The third-order valence-electron chi connectivity index (χ3n) is 3.75. The number of carbonyl (C=O) groups is 3. The van der Waals surface area contributed by atoms with Crippen LogP contribution < -0.4 is 10.6 Å². The SMILES string of the molecule is C=CCOC(=O)C(C=O)CCC[C@@H]1SC[C@@H]2NC(=O)N[C@@H]21. The average molecular weight is 312 g/mol. The largest absolute Gasteiger partial charge is 0.461 e. The molecule has 2 heterocycles. The monoisotopic (exact) mass is 312 g/mol. The second-order valence-electron chi connectivity index (χ2n) is 5.21. The molecule has 2 rings (SSSR count). The molecule has 21 heavy (non-hydrogen) atoms. The number of carbonyl (C=O) groups excluding carboxylic acids is 3. The van der Waals surface area contributed by atoms with Crippen LogP contribution in [0.5, 0.6) is 0 Å². The van der Waals surface area contributed by atoms with Gasteiger partial charge < -0.3 is 20.2 Å². The molecule has 1 unspecified atom stereocenters. The molecule has 2 amide bonds. The summed E-state index contributed by atoms with van der Waals surface area (Å²) in [4.78, 5) is 33.8. The molecule has 2 aliphatic rings. The Morgan fingerprint density at radius 1 is 1.52 bits per heavy atom. The summed E-state index contributed by atoms with van der Waals surface area (Å²) >= 11 is 1.82. The number of esters is 1. The Hall–Kier alpha value is -1.50.